The molecule has 0 fully saturated rings. The van der Waals surface area contributed by atoms with Crippen LogP contribution in [-0.2, 0) is 6.42 Å². The highest BCUT2D eigenvalue weighted by atomic mass is 79.9. The largest absolute Gasteiger partial charge is 0.373 e. The van der Waals surface area contributed by atoms with Crippen LogP contribution in [0, 0.1) is 13.8 Å². The van der Waals surface area contributed by atoms with E-state index in [9.17, 15) is 0 Å². The van der Waals surface area contributed by atoms with E-state index in [1.807, 2.05) is 26.1 Å². The first-order valence-corrected chi connectivity index (χ1v) is 7.93. The zero-order valence-electron chi connectivity index (χ0n) is 12.9. The smallest absolute Gasteiger partial charge is 0.139 e. The van der Waals surface area contributed by atoms with E-state index in [4.69, 9.17) is 0 Å². The van der Waals surface area contributed by atoms with Gasteiger partial charge in [-0.2, -0.15) is 0 Å². The molecule has 0 saturated carbocycles. The number of hydrogen-bond acceptors (Lipinski definition) is 4. The lowest BCUT2D eigenvalue weighted by atomic mass is 10.2. The van der Waals surface area contributed by atoms with E-state index in [0.29, 0.717) is 0 Å². The van der Waals surface area contributed by atoms with Crippen molar-refractivity contribution >= 4 is 33.3 Å². The second kappa shape index (κ2) is 6.89. The lowest BCUT2D eigenvalue weighted by Gasteiger charge is -2.15. The Kier molecular flexibility index (Phi) is 5.17. The highest BCUT2D eigenvalue weighted by Gasteiger charge is 2.11. The number of benzene rings is 1. The summed E-state index contributed by atoms with van der Waals surface area (Å²) in [6.45, 7) is 6.24. The second-order valence-electron chi connectivity index (χ2n) is 5.00. The Balaban J connectivity index is 2.42. The molecule has 5 heteroatoms. The summed E-state index contributed by atoms with van der Waals surface area (Å²) in [4.78, 5) is 9.21. The molecule has 21 heavy (non-hydrogen) atoms. The number of aryl methyl sites for hydroxylation is 1. The number of anilines is 3. The Labute approximate surface area is 134 Å². The van der Waals surface area contributed by atoms with Gasteiger partial charge < -0.3 is 10.6 Å². The van der Waals surface area contributed by atoms with Crippen LogP contribution in [0.5, 0.6) is 0 Å². The van der Waals surface area contributed by atoms with E-state index in [0.717, 1.165) is 46.0 Å². The molecule has 0 amide bonds. The summed E-state index contributed by atoms with van der Waals surface area (Å²) in [6, 6.07) is 6.11. The quantitative estimate of drug-likeness (QED) is 0.829. The number of nitrogens with zero attached hydrogens (tertiary/aromatic N) is 2. The van der Waals surface area contributed by atoms with Crippen molar-refractivity contribution in [3.8, 4) is 0 Å². The Morgan fingerprint density at radius 2 is 1.81 bits per heavy atom. The van der Waals surface area contributed by atoms with Gasteiger partial charge >= 0.3 is 0 Å². The maximum atomic E-state index is 4.66. The van der Waals surface area contributed by atoms with Crippen molar-refractivity contribution in [1.29, 1.82) is 0 Å². The third-order valence-electron chi connectivity index (χ3n) is 3.42. The van der Waals surface area contributed by atoms with Crippen LogP contribution < -0.4 is 10.6 Å². The van der Waals surface area contributed by atoms with Gasteiger partial charge in [0.1, 0.15) is 17.5 Å². The first-order chi connectivity index (χ1) is 10.1. The third kappa shape index (κ3) is 3.53. The molecule has 0 aliphatic heterocycles. The molecular formula is C16H21BrN4. The maximum Gasteiger partial charge on any atom is 0.139 e. The molecule has 0 unspecified atom stereocenters. The van der Waals surface area contributed by atoms with Gasteiger partial charge in [0.05, 0.1) is 0 Å². The van der Waals surface area contributed by atoms with Crippen LogP contribution in [0.1, 0.15) is 30.3 Å². The highest BCUT2D eigenvalue weighted by Crippen LogP contribution is 2.28. The predicted molar refractivity (Wildman–Crippen MR) is 92.5 cm³/mol. The van der Waals surface area contributed by atoms with Crippen molar-refractivity contribution in [1.82, 2.24) is 9.97 Å². The molecule has 1 aromatic carbocycles. The first-order valence-electron chi connectivity index (χ1n) is 7.14. The highest BCUT2D eigenvalue weighted by molar-refractivity contribution is 9.10. The summed E-state index contributed by atoms with van der Waals surface area (Å²) >= 11 is 3.56. The lowest BCUT2D eigenvalue weighted by Crippen LogP contribution is -2.07. The molecule has 0 spiro atoms. The maximum absolute atomic E-state index is 4.66. The van der Waals surface area contributed by atoms with Crippen LogP contribution >= 0.6 is 15.9 Å². The van der Waals surface area contributed by atoms with Crippen LogP contribution in [0.3, 0.4) is 0 Å². The Hall–Kier alpha value is -1.62. The Morgan fingerprint density at radius 1 is 1.10 bits per heavy atom. The van der Waals surface area contributed by atoms with Crippen LogP contribution in [0.25, 0.3) is 0 Å². The fraction of sp³-hybridized carbons (Fsp3) is 0.375. The molecule has 1 aromatic heterocycles. The minimum absolute atomic E-state index is 0.860. The van der Waals surface area contributed by atoms with Gasteiger partial charge in [-0.05, 0) is 38.0 Å². The van der Waals surface area contributed by atoms with E-state index in [2.05, 4.69) is 56.4 Å². The molecule has 1 heterocycles. The van der Waals surface area contributed by atoms with Gasteiger partial charge in [-0.15, -0.1) is 0 Å². The van der Waals surface area contributed by atoms with Gasteiger partial charge in [0.2, 0.25) is 0 Å². The summed E-state index contributed by atoms with van der Waals surface area (Å²) in [5.41, 5.74) is 3.24. The fourth-order valence-corrected chi connectivity index (χ4v) is 2.50. The number of nitrogens with one attached hydrogen (secondary N) is 2. The summed E-state index contributed by atoms with van der Waals surface area (Å²) in [5.74, 6) is 2.60. The van der Waals surface area contributed by atoms with Crippen molar-refractivity contribution < 1.29 is 0 Å². The van der Waals surface area contributed by atoms with Gasteiger partial charge in [-0.25, -0.2) is 9.97 Å². The van der Waals surface area contributed by atoms with Gasteiger partial charge in [0, 0.05) is 29.2 Å². The normalized spacial score (nSPS) is 10.5. The molecule has 2 rings (SSSR count). The average molecular weight is 349 g/mol. The van der Waals surface area contributed by atoms with E-state index < -0.39 is 0 Å². The summed E-state index contributed by atoms with van der Waals surface area (Å²) in [6.07, 6.45) is 1.91. The van der Waals surface area contributed by atoms with Crippen LogP contribution in [-0.4, -0.2) is 17.0 Å². The standard InChI is InChI=1S/C16H21BrN4/c1-5-7-14-20-15(18-4)11(3)16(21-14)19-13-9-6-8-12(17)10(13)2/h6,8-9H,5,7H2,1-4H3,(H2,18,19,20,21). The molecule has 0 saturated heterocycles. The van der Waals surface area contributed by atoms with Crippen molar-refractivity contribution in [3.63, 3.8) is 0 Å². The predicted octanol–water partition coefficient (Wildman–Crippen LogP) is 4.59. The van der Waals surface area contributed by atoms with E-state index in [1.54, 1.807) is 0 Å². The van der Waals surface area contributed by atoms with Crippen molar-refractivity contribution in [2.24, 2.45) is 0 Å². The van der Waals surface area contributed by atoms with Crippen LogP contribution in [0.15, 0.2) is 22.7 Å². The third-order valence-corrected chi connectivity index (χ3v) is 4.28. The summed E-state index contributed by atoms with van der Waals surface area (Å²) in [7, 11) is 1.89. The van der Waals surface area contributed by atoms with E-state index in [-0.39, 0.29) is 0 Å². The topological polar surface area (TPSA) is 49.8 Å². The van der Waals surface area contributed by atoms with E-state index >= 15 is 0 Å². The Bertz CT molecular complexity index is 640. The van der Waals surface area contributed by atoms with Gasteiger partial charge in [0.15, 0.2) is 0 Å². The van der Waals surface area contributed by atoms with Gasteiger partial charge in [-0.3, -0.25) is 0 Å². The summed E-state index contributed by atoms with van der Waals surface area (Å²) < 4.78 is 1.09. The molecule has 2 aromatic rings. The van der Waals surface area contributed by atoms with Crippen LogP contribution in [0.4, 0.5) is 17.3 Å². The average Bonchev–Trinajstić information content (AvgIpc) is 2.47. The van der Waals surface area contributed by atoms with Crippen LogP contribution in [0.2, 0.25) is 0 Å². The monoisotopic (exact) mass is 348 g/mol. The molecule has 0 aliphatic carbocycles. The molecule has 0 bridgehead atoms. The molecular weight excluding hydrogens is 328 g/mol. The first kappa shape index (κ1) is 15.8. The van der Waals surface area contributed by atoms with Crippen molar-refractivity contribution in [3.05, 3.63) is 39.6 Å². The molecule has 0 radical (unpaired) electrons. The zero-order valence-corrected chi connectivity index (χ0v) is 14.5. The minimum atomic E-state index is 0.860. The molecule has 2 N–H and O–H groups in total. The Morgan fingerprint density at radius 3 is 2.48 bits per heavy atom. The minimum Gasteiger partial charge on any atom is -0.373 e. The molecule has 0 atom stereocenters. The SMILES string of the molecule is CCCc1nc(NC)c(C)c(Nc2cccc(Br)c2C)n1. The fourth-order valence-electron chi connectivity index (χ4n) is 2.13. The molecule has 112 valence electrons. The summed E-state index contributed by atoms with van der Waals surface area (Å²) in [5, 5.41) is 6.58. The molecule has 0 aliphatic rings. The van der Waals surface area contributed by atoms with Gasteiger partial charge in [-0.1, -0.05) is 28.9 Å². The second-order valence-corrected chi connectivity index (χ2v) is 5.85. The molecule has 4 nitrogen and oxygen atoms in total. The lowest BCUT2D eigenvalue weighted by molar-refractivity contribution is 0.835. The number of halogens is 1. The van der Waals surface area contributed by atoms with E-state index in [1.165, 1.54) is 5.56 Å². The van der Waals surface area contributed by atoms with Crippen molar-refractivity contribution in [2.75, 3.05) is 17.7 Å². The van der Waals surface area contributed by atoms with Crippen molar-refractivity contribution in [2.45, 2.75) is 33.6 Å². The van der Waals surface area contributed by atoms with Gasteiger partial charge in [0.25, 0.3) is 0 Å². The zero-order chi connectivity index (χ0) is 15.4. The number of hydrogen-bond donors (Lipinski definition) is 2. The number of rotatable bonds is 5. The number of aromatic nitrogens is 2.